The van der Waals surface area contributed by atoms with Crippen LogP contribution in [0.1, 0.15) is 19.8 Å². The third-order valence-electron chi connectivity index (χ3n) is 1.10. The Morgan fingerprint density at radius 2 is 2.17 bits per heavy atom. The van der Waals surface area contributed by atoms with Gasteiger partial charge in [-0.25, -0.2) is 0 Å². The fourth-order valence-corrected chi connectivity index (χ4v) is 2.19. The van der Waals surface area contributed by atoms with Crippen molar-refractivity contribution >= 4 is 38.8 Å². The molecule has 0 heterocycles. The van der Waals surface area contributed by atoms with E-state index in [1.165, 1.54) is 25.8 Å². The van der Waals surface area contributed by atoms with Gasteiger partial charge in [-0.3, -0.25) is 9.59 Å². The first-order valence-electron chi connectivity index (χ1n) is 3.44. The second kappa shape index (κ2) is 6.48. The van der Waals surface area contributed by atoms with Gasteiger partial charge in [-0.1, -0.05) is 27.7 Å². The summed E-state index contributed by atoms with van der Waals surface area (Å²) >= 11 is 4.45. The average Bonchev–Trinajstić information content (AvgIpc) is 1.99. The number of esters is 1. The van der Waals surface area contributed by atoms with Gasteiger partial charge < -0.3 is 4.74 Å². The van der Waals surface area contributed by atoms with Crippen LogP contribution in [0.4, 0.5) is 0 Å². The molecule has 0 amide bonds. The second-order valence-electron chi connectivity index (χ2n) is 2.13. The van der Waals surface area contributed by atoms with E-state index >= 15 is 0 Å². The van der Waals surface area contributed by atoms with Crippen LogP contribution in [0.5, 0.6) is 0 Å². The van der Waals surface area contributed by atoms with Crippen LogP contribution in [-0.4, -0.2) is 22.4 Å². The van der Waals surface area contributed by atoms with Crippen LogP contribution in [-0.2, 0) is 14.3 Å². The SMILES string of the molecule is COC(=O)CCC(Br)SC(C)=O. The molecule has 0 aromatic heterocycles. The molecule has 0 aromatic rings. The van der Waals surface area contributed by atoms with Crippen molar-refractivity contribution in [2.75, 3.05) is 7.11 Å². The molecule has 0 radical (unpaired) electrons. The van der Waals surface area contributed by atoms with Gasteiger partial charge in [0.1, 0.15) is 0 Å². The molecule has 0 aromatic carbocycles. The summed E-state index contributed by atoms with van der Waals surface area (Å²) in [5, 5.41) is 0.0433. The molecular weight excluding hydrogens is 244 g/mol. The summed E-state index contributed by atoms with van der Waals surface area (Å²) in [6, 6.07) is 0. The number of alkyl halides is 1. The maximum atomic E-state index is 10.7. The smallest absolute Gasteiger partial charge is 0.305 e. The first-order valence-corrected chi connectivity index (χ1v) is 5.24. The van der Waals surface area contributed by atoms with E-state index in [9.17, 15) is 9.59 Å². The van der Waals surface area contributed by atoms with Crippen molar-refractivity contribution in [2.24, 2.45) is 0 Å². The van der Waals surface area contributed by atoms with Gasteiger partial charge >= 0.3 is 5.97 Å². The normalized spacial score (nSPS) is 12.2. The molecule has 1 unspecified atom stereocenters. The maximum absolute atomic E-state index is 10.7. The van der Waals surface area contributed by atoms with Gasteiger partial charge in [-0.05, 0) is 6.42 Å². The number of hydrogen-bond acceptors (Lipinski definition) is 4. The van der Waals surface area contributed by atoms with Crippen LogP contribution in [0.25, 0.3) is 0 Å². The van der Waals surface area contributed by atoms with Gasteiger partial charge in [0.15, 0.2) is 5.12 Å². The minimum Gasteiger partial charge on any atom is -0.469 e. The largest absolute Gasteiger partial charge is 0.469 e. The van der Waals surface area contributed by atoms with Crippen LogP contribution < -0.4 is 0 Å². The maximum Gasteiger partial charge on any atom is 0.305 e. The fraction of sp³-hybridized carbons (Fsp3) is 0.714. The van der Waals surface area contributed by atoms with Crippen molar-refractivity contribution in [1.82, 2.24) is 0 Å². The van der Waals surface area contributed by atoms with Gasteiger partial charge in [0.2, 0.25) is 0 Å². The minimum absolute atomic E-state index is 0.00843. The third kappa shape index (κ3) is 6.67. The van der Waals surface area contributed by atoms with E-state index in [-0.39, 0.29) is 15.2 Å². The monoisotopic (exact) mass is 254 g/mol. The van der Waals surface area contributed by atoms with Crippen molar-refractivity contribution in [2.45, 2.75) is 23.9 Å². The standard InChI is InChI=1S/C7H11BrO3S/c1-5(9)12-6(8)3-4-7(10)11-2/h6H,3-4H2,1-2H3. The van der Waals surface area contributed by atoms with Crippen molar-refractivity contribution in [1.29, 1.82) is 0 Å². The van der Waals surface area contributed by atoms with Gasteiger partial charge in [0, 0.05) is 13.3 Å². The van der Waals surface area contributed by atoms with Crippen LogP contribution in [0.3, 0.4) is 0 Å². The van der Waals surface area contributed by atoms with E-state index < -0.39 is 0 Å². The van der Waals surface area contributed by atoms with Gasteiger partial charge in [0.25, 0.3) is 0 Å². The number of ether oxygens (including phenoxy) is 1. The lowest BCUT2D eigenvalue weighted by atomic mass is 10.3. The number of halogens is 1. The summed E-state index contributed by atoms with van der Waals surface area (Å²) in [5.41, 5.74) is 0. The summed E-state index contributed by atoms with van der Waals surface area (Å²) in [5.74, 6) is -0.247. The highest BCUT2D eigenvalue weighted by molar-refractivity contribution is 9.11. The average molecular weight is 255 g/mol. The summed E-state index contributed by atoms with van der Waals surface area (Å²) in [6.45, 7) is 1.50. The quantitative estimate of drug-likeness (QED) is 0.568. The minimum atomic E-state index is -0.247. The Morgan fingerprint density at radius 3 is 2.58 bits per heavy atom. The van der Waals surface area contributed by atoms with E-state index in [0.29, 0.717) is 12.8 Å². The van der Waals surface area contributed by atoms with Crippen molar-refractivity contribution in [3.05, 3.63) is 0 Å². The van der Waals surface area contributed by atoms with Crippen LogP contribution in [0.2, 0.25) is 0 Å². The molecule has 3 nitrogen and oxygen atoms in total. The molecule has 0 bridgehead atoms. The highest BCUT2D eigenvalue weighted by Crippen LogP contribution is 2.22. The van der Waals surface area contributed by atoms with E-state index in [4.69, 9.17) is 0 Å². The molecule has 0 spiro atoms. The Labute approximate surface area is 84.4 Å². The van der Waals surface area contributed by atoms with Crippen molar-refractivity contribution < 1.29 is 14.3 Å². The Morgan fingerprint density at radius 1 is 1.58 bits per heavy atom. The summed E-state index contributed by atoms with van der Waals surface area (Å²) in [4.78, 5) is 21.2. The summed E-state index contributed by atoms with van der Waals surface area (Å²) < 4.78 is 4.46. The van der Waals surface area contributed by atoms with Gasteiger partial charge in [0.05, 0.1) is 11.3 Å². The molecule has 12 heavy (non-hydrogen) atoms. The lowest BCUT2D eigenvalue weighted by Gasteiger charge is -2.04. The summed E-state index contributed by atoms with van der Waals surface area (Å²) in [7, 11) is 1.35. The number of carbonyl (C=O) groups is 2. The molecule has 0 fully saturated rings. The van der Waals surface area contributed by atoms with E-state index in [0.717, 1.165) is 0 Å². The molecule has 0 rings (SSSR count). The lowest BCUT2D eigenvalue weighted by molar-refractivity contribution is -0.140. The molecular formula is C7H11BrO3S. The Hall–Kier alpha value is -0.0300. The molecule has 0 saturated carbocycles. The Bertz CT molecular complexity index is 172. The Kier molecular flexibility index (Phi) is 6.47. The van der Waals surface area contributed by atoms with Gasteiger partial charge in [-0.15, -0.1) is 0 Å². The lowest BCUT2D eigenvalue weighted by Crippen LogP contribution is -2.04. The Balaban J connectivity index is 3.50. The molecule has 70 valence electrons. The first-order chi connectivity index (χ1) is 5.56. The predicted molar refractivity (Wildman–Crippen MR) is 52.2 cm³/mol. The fourth-order valence-electron chi connectivity index (χ4n) is 0.572. The molecule has 0 aliphatic heterocycles. The number of methoxy groups -OCH3 is 1. The van der Waals surface area contributed by atoms with Crippen molar-refractivity contribution in [3.8, 4) is 0 Å². The third-order valence-corrected chi connectivity index (χ3v) is 2.94. The number of hydrogen-bond donors (Lipinski definition) is 0. The number of thioether (sulfide) groups is 1. The zero-order valence-corrected chi connectivity index (χ0v) is 9.41. The number of carbonyl (C=O) groups excluding carboxylic acids is 2. The second-order valence-corrected chi connectivity index (χ2v) is 5.23. The predicted octanol–water partition coefficient (Wildman–Crippen LogP) is 1.94. The first kappa shape index (κ1) is 12.0. The van der Waals surface area contributed by atoms with E-state index in [2.05, 4.69) is 20.7 Å². The van der Waals surface area contributed by atoms with E-state index in [1.807, 2.05) is 0 Å². The van der Waals surface area contributed by atoms with E-state index in [1.54, 1.807) is 0 Å². The molecule has 0 aliphatic rings. The molecule has 0 saturated heterocycles. The van der Waals surface area contributed by atoms with Crippen LogP contribution in [0.15, 0.2) is 0 Å². The molecule has 0 N–H and O–H groups in total. The number of rotatable bonds is 4. The highest BCUT2D eigenvalue weighted by atomic mass is 79.9. The van der Waals surface area contributed by atoms with Crippen LogP contribution >= 0.6 is 27.7 Å². The zero-order valence-electron chi connectivity index (χ0n) is 7.00. The van der Waals surface area contributed by atoms with Crippen molar-refractivity contribution in [3.63, 3.8) is 0 Å². The van der Waals surface area contributed by atoms with Crippen LogP contribution in [0, 0.1) is 0 Å². The topological polar surface area (TPSA) is 43.4 Å². The molecule has 1 atom stereocenters. The molecule has 5 heteroatoms. The summed E-state index contributed by atoms with van der Waals surface area (Å²) in [6.07, 6.45) is 0.948. The molecule has 0 aliphatic carbocycles. The zero-order chi connectivity index (χ0) is 9.56. The van der Waals surface area contributed by atoms with Gasteiger partial charge in [-0.2, -0.15) is 0 Å². The highest BCUT2D eigenvalue weighted by Gasteiger charge is 2.10.